The van der Waals surface area contributed by atoms with Crippen LogP contribution in [0.3, 0.4) is 0 Å². The Morgan fingerprint density at radius 1 is 1.26 bits per heavy atom. The van der Waals surface area contributed by atoms with Gasteiger partial charge < -0.3 is 5.32 Å². The van der Waals surface area contributed by atoms with Gasteiger partial charge in [0.25, 0.3) is 0 Å². The summed E-state index contributed by atoms with van der Waals surface area (Å²) in [6.07, 6.45) is -4.31. The minimum absolute atomic E-state index is 0.157. The van der Waals surface area contributed by atoms with Gasteiger partial charge in [0.2, 0.25) is 9.84 Å². The fourth-order valence-corrected chi connectivity index (χ4v) is 3.82. The van der Waals surface area contributed by atoms with E-state index in [1.807, 2.05) is 0 Å². The van der Waals surface area contributed by atoms with E-state index in [1.165, 1.54) is 12.1 Å². The van der Waals surface area contributed by atoms with Gasteiger partial charge in [-0.15, -0.1) is 0 Å². The predicted octanol–water partition coefficient (Wildman–Crippen LogP) is 2.44. The number of halogens is 3. The molecule has 0 radical (unpaired) electrons. The Kier molecular flexibility index (Phi) is 3.44. The third kappa shape index (κ3) is 2.52. The molecule has 1 aromatic carbocycles. The molecular weight excluding hydrogens is 279 g/mol. The zero-order valence-corrected chi connectivity index (χ0v) is 10.9. The number of alkyl halides is 3. The molecule has 0 aromatic heterocycles. The van der Waals surface area contributed by atoms with Crippen molar-refractivity contribution in [1.82, 2.24) is 5.32 Å². The van der Waals surface area contributed by atoms with E-state index in [9.17, 15) is 21.6 Å². The van der Waals surface area contributed by atoms with Crippen LogP contribution in [-0.2, 0) is 16.0 Å². The van der Waals surface area contributed by atoms with Gasteiger partial charge in [-0.1, -0.05) is 12.1 Å². The third-order valence-electron chi connectivity index (χ3n) is 2.89. The molecule has 104 valence electrons. The van der Waals surface area contributed by atoms with Crippen LogP contribution < -0.4 is 5.32 Å². The highest BCUT2D eigenvalue weighted by Crippen LogP contribution is 2.43. The van der Waals surface area contributed by atoms with Crippen LogP contribution in [0.2, 0.25) is 0 Å². The molecule has 0 spiro atoms. The first-order chi connectivity index (χ1) is 8.77. The van der Waals surface area contributed by atoms with E-state index in [1.54, 1.807) is 7.05 Å². The molecule has 2 rings (SSSR count). The normalized spacial score (nSPS) is 17.2. The number of rotatable bonds is 3. The Morgan fingerprint density at radius 2 is 1.95 bits per heavy atom. The highest BCUT2D eigenvalue weighted by atomic mass is 32.2. The fourth-order valence-electron chi connectivity index (χ4n) is 2.08. The Hall–Kier alpha value is -1.34. The van der Waals surface area contributed by atoms with Crippen molar-refractivity contribution in [1.29, 1.82) is 0 Å². The molecule has 0 aliphatic carbocycles. The molecular formula is C12H12F3NO2S. The van der Waals surface area contributed by atoms with E-state index in [4.69, 9.17) is 0 Å². The van der Waals surface area contributed by atoms with Crippen molar-refractivity contribution in [2.45, 2.75) is 17.5 Å². The predicted molar refractivity (Wildman–Crippen MR) is 65.2 cm³/mol. The second-order valence-electron chi connectivity index (χ2n) is 4.22. The van der Waals surface area contributed by atoms with Crippen LogP contribution in [0.5, 0.6) is 0 Å². The lowest BCUT2D eigenvalue weighted by Crippen LogP contribution is -2.11. The molecule has 0 atom stereocenters. The lowest BCUT2D eigenvalue weighted by Gasteiger charge is -2.12. The SMILES string of the molecule is CNCCC1=CS(=O)(=O)c2c1cccc2C(F)(F)F. The first-order valence-electron chi connectivity index (χ1n) is 5.58. The summed E-state index contributed by atoms with van der Waals surface area (Å²) in [7, 11) is -2.32. The first kappa shape index (κ1) is 14.1. The topological polar surface area (TPSA) is 46.2 Å². The van der Waals surface area contributed by atoms with Crippen LogP contribution in [0.25, 0.3) is 5.57 Å². The molecule has 1 aromatic rings. The second-order valence-corrected chi connectivity index (χ2v) is 5.96. The Labute approximate surface area is 109 Å². The monoisotopic (exact) mass is 291 g/mol. The minimum Gasteiger partial charge on any atom is -0.319 e. The lowest BCUT2D eigenvalue weighted by atomic mass is 10.0. The average Bonchev–Trinajstić information content (AvgIpc) is 2.57. The number of hydrogen-bond donors (Lipinski definition) is 1. The Balaban J connectivity index is 2.60. The number of benzene rings is 1. The van der Waals surface area contributed by atoms with Crippen LogP contribution in [0.4, 0.5) is 13.2 Å². The van der Waals surface area contributed by atoms with E-state index in [0.29, 0.717) is 18.5 Å². The van der Waals surface area contributed by atoms with Crippen molar-refractivity contribution in [2.75, 3.05) is 13.6 Å². The zero-order chi connectivity index (χ0) is 14.3. The van der Waals surface area contributed by atoms with Gasteiger partial charge in [0, 0.05) is 5.41 Å². The first-order valence-corrected chi connectivity index (χ1v) is 7.13. The van der Waals surface area contributed by atoms with E-state index in [-0.39, 0.29) is 5.56 Å². The Bertz CT molecular complexity index is 633. The smallest absolute Gasteiger partial charge is 0.319 e. The molecule has 0 unspecified atom stereocenters. The van der Waals surface area contributed by atoms with Crippen molar-refractivity contribution < 1.29 is 21.6 Å². The summed E-state index contributed by atoms with van der Waals surface area (Å²) >= 11 is 0. The molecule has 0 saturated carbocycles. The van der Waals surface area contributed by atoms with Gasteiger partial charge in [-0.05, 0) is 37.2 Å². The van der Waals surface area contributed by atoms with Crippen molar-refractivity contribution in [2.24, 2.45) is 0 Å². The molecule has 7 heteroatoms. The van der Waals surface area contributed by atoms with Crippen molar-refractivity contribution >= 4 is 15.4 Å². The summed E-state index contributed by atoms with van der Waals surface area (Å²) in [6.45, 7) is 0.497. The van der Waals surface area contributed by atoms with Gasteiger partial charge >= 0.3 is 6.18 Å². The van der Waals surface area contributed by atoms with Crippen LogP contribution in [0.15, 0.2) is 28.5 Å². The van der Waals surface area contributed by atoms with Crippen LogP contribution >= 0.6 is 0 Å². The van der Waals surface area contributed by atoms with Crippen LogP contribution in [0, 0.1) is 0 Å². The molecule has 1 aliphatic heterocycles. The zero-order valence-electron chi connectivity index (χ0n) is 10.1. The van der Waals surface area contributed by atoms with Gasteiger partial charge in [0.05, 0.1) is 10.5 Å². The standard InChI is InChI=1S/C12H12F3NO2S/c1-16-6-5-8-7-19(17,18)11-9(8)3-2-4-10(11)12(13,14)15/h2-4,7,16H,5-6H2,1H3. The molecule has 3 nitrogen and oxygen atoms in total. The van der Waals surface area contributed by atoms with Gasteiger partial charge in [0.15, 0.2) is 0 Å². The quantitative estimate of drug-likeness (QED) is 0.930. The van der Waals surface area contributed by atoms with Gasteiger partial charge in [-0.2, -0.15) is 13.2 Å². The summed E-state index contributed by atoms with van der Waals surface area (Å²) in [5.41, 5.74) is -0.527. The summed E-state index contributed by atoms with van der Waals surface area (Å²) in [6, 6.07) is 3.44. The fraction of sp³-hybridized carbons (Fsp3) is 0.333. The molecule has 1 N–H and O–H groups in total. The van der Waals surface area contributed by atoms with E-state index in [0.717, 1.165) is 11.5 Å². The third-order valence-corrected chi connectivity index (χ3v) is 4.50. The van der Waals surface area contributed by atoms with Crippen molar-refractivity contribution in [3.8, 4) is 0 Å². The molecule has 0 fully saturated rings. The number of hydrogen-bond acceptors (Lipinski definition) is 3. The maximum atomic E-state index is 12.9. The maximum Gasteiger partial charge on any atom is 0.417 e. The summed E-state index contributed by atoms with van der Waals surface area (Å²) in [4.78, 5) is -0.617. The lowest BCUT2D eigenvalue weighted by molar-refractivity contribution is -0.139. The Morgan fingerprint density at radius 3 is 2.53 bits per heavy atom. The number of sulfone groups is 1. The van der Waals surface area contributed by atoms with Crippen LogP contribution in [-0.4, -0.2) is 22.0 Å². The average molecular weight is 291 g/mol. The molecule has 0 saturated heterocycles. The minimum atomic E-state index is -4.68. The van der Waals surface area contributed by atoms with E-state index >= 15 is 0 Å². The van der Waals surface area contributed by atoms with Crippen molar-refractivity contribution in [3.05, 3.63) is 34.7 Å². The molecule has 0 amide bonds. The second kappa shape index (κ2) is 4.64. The highest BCUT2D eigenvalue weighted by Gasteiger charge is 2.40. The van der Waals surface area contributed by atoms with Gasteiger partial charge in [-0.3, -0.25) is 0 Å². The van der Waals surface area contributed by atoms with Crippen molar-refractivity contribution in [3.63, 3.8) is 0 Å². The number of nitrogens with one attached hydrogen (secondary N) is 1. The van der Waals surface area contributed by atoms with E-state index < -0.39 is 26.5 Å². The number of fused-ring (bicyclic) bond motifs is 1. The largest absolute Gasteiger partial charge is 0.417 e. The summed E-state index contributed by atoms with van der Waals surface area (Å²) in [5, 5.41) is 3.77. The molecule has 1 heterocycles. The molecule has 0 bridgehead atoms. The molecule has 19 heavy (non-hydrogen) atoms. The van der Waals surface area contributed by atoms with Gasteiger partial charge in [-0.25, -0.2) is 8.42 Å². The maximum absolute atomic E-state index is 12.9. The molecule has 1 aliphatic rings. The van der Waals surface area contributed by atoms with Crippen LogP contribution in [0.1, 0.15) is 17.5 Å². The highest BCUT2D eigenvalue weighted by molar-refractivity contribution is 7.95. The van der Waals surface area contributed by atoms with E-state index in [2.05, 4.69) is 5.32 Å². The summed E-state index contributed by atoms with van der Waals surface area (Å²) in [5.74, 6) is 0. The van der Waals surface area contributed by atoms with Gasteiger partial charge in [0.1, 0.15) is 0 Å². The summed E-state index contributed by atoms with van der Waals surface area (Å²) < 4.78 is 62.4.